The molecule has 0 fully saturated rings. The second-order valence-corrected chi connectivity index (χ2v) is 3.80. The highest BCUT2D eigenvalue weighted by atomic mass is 35.5. The molecule has 0 unspecified atom stereocenters. The lowest BCUT2D eigenvalue weighted by Crippen LogP contribution is -1.86. The van der Waals surface area contributed by atoms with E-state index in [4.69, 9.17) is 23.2 Å². The summed E-state index contributed by atoms with van der Waals surface area (Å²) in [5.41, 5.74) is 1.47. The zero-order chi connectivity index (χ0) is 10.6. The summed E-state index contributed by atoms with van der Waals surface area (Å²) in [5.74, 6) is 0.257. The van der Waals surface area contributed by atoms with E-state index in [9.17, 15) is 4.39 Å². The predicted molar refractivity (Wildman–Crippen MR) is 60.4 cm³/mol. The van der Waals surface area contributed by atoms with Crippen LogP contribution in [0.25, 0.3) is 5.57 Å². The van der Waals surface area contributed by atoms with Crippen LogP contribution in [0.3, 0.4) is 0 Å². The van der Waals surface area contributed by atoms with Gasteiger partial charge in [0.25, 0.3) is 0 Å². The number of hydrogen-bond acceptors (Lipinski definition) is 0. The fourth-order valence-corrected chi connectivity index (χ4v) is 1.46. The van der Waals surface area contributed by atoms with Gasteiger partial charge < -0.3 is 0 Å². The molecule has 0 aliphatic rings. The van der Waals surface area contributed by atoms with Crippen molar-refractivity contribution in [3.63, 3.8) is 0 Å². The molecule has 0 aromatic heterocycles. The van der Waals surface area contributed by atoms with Crippen molar-refractivity contribution >= 4 is 28.8 Å². The molecule has 0 bridgehead atoms. The lowest BCUT2D eigenvalue weighted by Gasteiger charge is -2.03. The van der Waals surface area contributed by atoms with Gasteiger partial charge in [0.1, 0.15) is 5.82 Å². The second-order valence-electron chi connectivity index (χ2n) is 2.99. The minimum Gasteiger partial charge on any atom is -0.206 e. The topological polar surface area (TPSA) is 0 Å². The molecule has 0 heterocycles. The Hall–Kier alpha value is -0.530. The van der Waals surface area contributed by atoms with Gasteiger partial charge in [0.2, 0.25) is 0 Å². The average molecular weight is 233 g/mol. The first kappa shape index (κ1) is 11.5. The Morgan fingerprint density at radius 3 is 2.79 bits per heavy atom. The maximum atomic E-state index is 13.4. The number of benzene rings is 1. The number of alkyl halides is 1. The first-order chi connectivity index (χ1) is 6.65. The number of hydrogen-bond donors (Lipinski definition) is 0. The molecule has 14 heavy (non-hydrogen) atoms. The van der Waals surface area contributed by atoms with Crippen molar-refractivity contribution in [3.05, 3.63) is 40.7 Å². The maximum Gasteiger partial charge on any atom is 0.132 e. The van der Waals surface area contributed by atoms with Crippen LogP contribution in [-0.4, -0.2) is 5.88 Å². The Balaban J connectivity index is 2.95. The smallest absolute Gasteiger partial charge is 0.132 e. The fourth-order valence-electron chi connectivity index (χ4n) is 1.19. The van der Waals surface area contributed by atoms with Gasteiger partial charge in [-0.25, -0.2) is 4.39 Å². The van der Waals surface area contributed by atoms with Crippen molar-refractivity contribution in [2.45, 2.75) is 13.3 Å². The molecule has 1 rings (SSSR count). The summed E-state index contributed by atoms with van der Waals surface area (Å²) in [7, 11) is 0. The normalized spacial score (nSPS) is 11.9. The SMILES string of the molecule is CC(=CCCCl)c1ccc(Cl)cc1F. The molecule has 1 aromatic carbocycles. The van der Waals surface area contributed by atoms with Crippen LogP contribution in [0, 0.1) is 5.82 Å². The van der Waals surface area contributed by atoms with E-state index < -0.39 is 0 Å². The van der Waals surface area contributed by atoms with Gasteiger partial charge in [-0.05, 0) is 31.1 Å². The van der Waals surface area contributed by atoms with E-state index in [1.807, 2.05) is 13.0 Å². The average Bonchev–Trinajstić information content (AvgIpc) is 2.14. The van der Waals surface area contributed by atoms with E-state index in [1.165, 1.54) is 6.07 Å². The van der Waals surface area contributed by atoms with Crippen molar-refractivity contribution in [1.82, 2.24) is 0 Å². The van der Waals surface area contributed by atoms with Gasteiger partial charge in [0, 0.05) is 16.5 Å². The van der Waals surface area contributed by atoms with E-state index in [0.29, 0.717) is 16.5 Å². The standard InChI is InChI=1S/C11H11Cl2F/c1-8(3-2-6-12)10-5-4-9(13)7-11(10)14/h3-5,7H,2,6H2,1H3. The fraction of sp³-hybridized carbons (Fsp3) is 0.273. The van der Waals surface area contributed by atoms with Crippen molar-refractivity contribution in [2.75, 3.05) is 5.88 Å². The van der Waals surface area contributed by atoms with E-state index in [2.05, 4.69) is 0 Å². The summed E-state index contributed by atoms with van der Waals surface area (Å²) in [6.07, 6.45) is 2.66. The lowest BCUT2D eigenvalue weighted by molar-refractivity contribution is 0.624. The van der Waals surface area contributed by atoms with Crippen LogP contribution >= 0.6 is 23.2 Å². The van der Waals surface area contributed by atoms with Crippen molar-refractivity contribution in [1.29, 1.82) is 0 Å². The summed E-state index contributed by atoms with van der Waals surface area (Å²) in [5, 5.41) is 0.413. The van der Waals surface area contributed by atoms with Gasteiger partial charge in [0.05, 0.1) is 0 Å². The molecule has 0 radical (unpaired) electrons. The van der Waals surface area contributed by atoms with Gasteiger partial charge in [-0.3, -0.25) is 0 Å². The predicted octanol–water partition coefficient (Wildman–Crippen LogP) is 4.51. The Kier molecular flexibility index (Phi) is 4.43. The molecular weight excluding hydrogens is 222 g/mol. The van der Waals surface area contributed by atoms with Crippen molar-refractivity contribution in [2.24, 2.45) is 0 Å². The van der Waals surface area contributed by atoms with E-state index in [0.717, 1.165) is 12.0 Å². The van der Waals surface area contributed by atoms with Gasteiger partial charge in [-0.1, -0.05) is 23.7 Å². The summed E-state index contributed by atoms with van der Waals surface area (Å²) in [6.45, 7) is 1.86. The zero-order valence-corrected chi connectivity index (χ0v) is 9.37. The largest absolute Gasteiger partial charge is 0.206 e. The molecular formula is C11H11Cl2F. The van der Waals surface area contributed by atoms with E-state index in [1.54, 1.807) is 12.1 Å². The van der Waals surface area contributed by atoms with E-state index in [-0.39, 0.29) is 5.82 Å². The second kappa shape index (κ2) is 5.38. The Labute approximate surface area is 93.3 Å². The number of rotatable bonds is 3. The third-order valence-corrected chi connectivity index (χ3v) is 2.37. The Morgan fingerprint density at radius 1 is 1.50 bits per heavy atom. The van der Waals surface area contributed by atoms with Crippen LogP contribution in [-0.2, 0) is 0 Å². The van der Waals surface area contributed by atoms with Crippen molar-refractivity contribution in [3.8, 4) is 0 Å². The molecule has 3 heteroatoms. The molecule has 0 saturated carbocycles. The molecule has 1 aromatic rings. The minimum absolute atomic E-state index is 0.291. The Morgan fingerprint density at radius 2 is 2.21 bits per heavy atom. The summed E-state index contributed by atoms with van der Waals surface area (Å²) >= 11 is 11.2. The van der Waals surface area contributed by atoms with Gasteiger partial charge in [-0.2, -0.15) is 0 Å². The highest BCUT2D eigenvalue weighted by Crippen LogP contribution is 2.21. The monoisotopic (exact) mass is 232 g/mol. The van der Waals surface area contributed by atoms with Gasteiger partial charge in [-0.15, -0.1) is 11.6 Å². The molecule has 0 saturated heterocycles. The first-order valence-electron chi connectivity index (χ1n) is 4.33. The van der Waals surface area contributed by atoms with Crippen LogP contribution in [0.2, 0.25) is 5.02 Å². The van der Waals surface area contributed by atoms with Gasteiger partial charge >= 0.3 is 0 Å². The Bertz CT molecular complexity index is 345. The molecule has 0 atom stereocenters. The first-order valence-corrected chi connectivity index (χ1v) is 5.24. The van der Waals surface area contributed by atoms with Gasteiger partial charge in [0.15, 0.2) is 0 Å². The van der Waals surface area contributed by atoms with Crippen LogP contribution in [0.15, 0.2) is 24.3 Å². The summed E-state index contributed by atoms with van der Waals surface area (Å²) < 4.78 is 13.4. The summed E-state index contributed by atoms with van der Waals surface area (Å²) in [4.78, 5) is 0. The quantitative estimate of drug-likeness (QED) is 0.673. The highest BCUT2D eigenvalue weighted by molar-refractivity contribution is 6.30. The zero-order valence-electron chi connectivity index (χ0n) is 7.86. The van der Waals surface area contributed by atoms with Crippen LogP contribution < -0.4 is 0 Å². The maximum absolute atomic E-state index is 13.4. The minimum atomic E-state index is -0.291. The molecule has 0 amide bonds. The van der Waals surface area contributed by atoms with Crippen LogP contribution in [0.4, 0.5) is 4.39 Å². The van der Waals surface area contributed by atoms with Crippen LogP contribution in [0.5, 0.6) is 0 Å². The van der Waals surface area contributed by atoms with Crippen LogP contribution in [0.1, 0.15) is 18.9 Å². The molecule has 0 spiro atoms. The third kappa shape index (κ3) is 3.00. The summed E-state index contributed by atoms with van der Waals surface area (Å²) in [6, 6.07) is 4.67. The molecule has 0 aliphatic carbocycles. The highest BCUT2D eigenvalue weighted by Gasteiger charge is 2.03. The molecule has 0 aliphatic heterocycles. The molecule has 0 nitrogen and oxygen atoms in total. The van der Waals surface area contributed by atoms with E-state index >= 15 is 0 Å². The molecule has 76 valence electrons. The number of allylic oxidation sites excluding steroid dienone is 2. The number of halogens is 3. The lowest BCUT2D eigenvalue weighted by atomic mass is 10.1. The molecule has 0 N–H and O–H groups in total. The van der Waals surface area contributed by atoms with Crippen molar-refractivity contribution < 1.29 is 4.39 Å². The third-order valence-electron chi connectivity index (χ3n) is 1.92.